The normalized spacial score (nSPS) is 10.1. The monoisotopic (exact) mass is 288 g/mol. The number of rotatable bonds is 6. The van der Waals surface area contributed by atoms with Crippen LogP contribution in [0.15, 0.2) is 42.6 Å². The quantitative estimate of drug-likeness (QED) is 0.826. The van der Waals surface area contributed by atoms with E-state index < -0.39 is 0 Å². The molecule has 4 nitrogen and oxygen atoms in total. The SMILES string of the molecule is CCCOc1ccc(Oc2cc(C(N)=S)ccn2)cc1. The number of hydrogen-bond donors (Lipinski definition) is 1. The standard InChI is InChI=1S/C15H16N2O2S/c1-2-9-18-12-3-5-13(6-4-12)19-14-10-11(15(16)20)7-8-17-14/h3-8,10H,2,9H2,1H3,(H2,16,20). The molecule has 0 unspecified atom stereocenters. The Hall–Kier alpha value is -2.14. The molecule has 2 N–H and O–H groups in total. The summed E-state index contributed by atoms with van der Waals surface area (Å²) in [6.07, 6.45) is 2.59. The molecule has 0 atom stereocenters. The molecule has 5 heteroatoms. The summed E-state index contributed by atoms with van der Waals surface area (Å²) in [4.78, 5) is 4.44. The Morgan fingerprint density at radius 1 is 1.20 bits per heavy atom. The minimum absolute atomic E-state index is 0.320. The van der Waals surface area contributed by atoms with Gasteiger partial charge in [0.05, 0.1) is 6.61 Å². The average Bonchev–Trinajstić information content (AvgIpc) is 2.47. The molecule has 0 aliphatic carbocycles. The molecular weight excluding hydrogens is 272 g/mol. The zero-order valence-electron chi connectivity index (χ0n) is 11.2. The maximum atomic E-state index is 5.65. The van der Waals surface area contributed by atoms with Crippen molar-refractivity contribution in [1.29, 1.82) is 0 Å². The van der Waals surface area contributed by atoms with Crippen LogP contribution in [0.2, 0.25) is 0 Å². The molecule has 0 aliphatic heterocycles. The molecule has 0 amide bonds. The van der Waals surface area contributed by atoms with Crippen molar-refractivity contribution in [2.75, 3.05) is 6.61 Å². The fraction of sp³-hybridized carbons (Fsp3) is 0.200. The topological polar surface area (TPSA) is 57.4 Å². The molecule has 0 aliphatic rings. The van der Waals surface area contributed by atoms with Gasteiger partial charge in [-0.05, 0) is 36.8 Å². The van der Waals surface area contributed by atoms with Crippen LogP contribution >= 0.6 is 12.2 Å². The van der Waals surface area contributed by atoms with Crippen LogP contribution in [0.1, 0.15) is 18.9 Å². The molecule has 1 heterocycles. The lowest BCUT2D eigenvalue weighted by Gasteiger charge is -2.08. The largest absolute Gasteiger partial charge is 0.494 e. The van der Waals surface area contributed by atoms with Gasteiger partial charge in [0.2, 0.25) is 5.88 Å². The third-order valence-corrected chi connectivity index (χ3v) is 2.77. The first kappa shape index (κ1) is 14.3. The molecule has 1 aromatic heterocycles. The maximum absolute atomic E-state index is 5.65. The zero-order chi connectivity index (χ0) is 14.4. The highest BCUT2D eigenvalue weighted by atomic mass is 32.1. The lowest BCUT2D eigenvalue weighted by Crippen LogP contribution is -2.09. The minimum Gasteiger partial charge on any atom is -0.494 e. The first-order valence-corrected chi connectivity index (χ1v) is 6.76. The molecule has 0 saturated heterocycles. The Labute approximate surface area is 123 Å². The molecule has 20 heavy (non-hydrogen) atoms. The molecule has 2 rings (SSSR count). The second-order valence-corrected chi connectivity index (χ2v) is 4.61. The highest BCUT2D eigenvalue weighted by Crippen LogP contribution is 2.23. The van der Waals surface area contributed by atoms with Crippen molar-refractivity contribution < 1.29 is 9.47 Å². The van der Waals surface area contributed by atoms with Crippen LogP contribution in [-0.2, 0) is 0 Å². The van der Waals surface area contributed by atoms with Gasteiger partial charge in [0.15, 0.2) is 0 Å². The van der Waals surface area contributed by atoms with E-state index >= 15 is 0 Å². The fourth-order valence-electron chi connectivity index (χ4n) is 1.56. The number of pyridine rings is 1. The third-order valence-electron chi connectivity index (χ3n) is 2.54. The number of thiocarbonyl (C=S) groups is 1. The van der Waals surface area contributed by atoms with Gasteiger partial charge in [0.1, 0.15) is 16.5 Å². The molecular formula is C15H16N2O2S. The van der Waals surface area contributed by atoms with E-state index in [1.165, 1.54) is 0 Å². The smallest absolute Gasteiger partial charge is 0.219 e. The lowest BCUT2D eigenvalue weighted by molar-refractivity contribution is 0.317. The third kappa shape index (κ3) is 3.93. The fourth-order valence-corrected chi connectivity index (χ4v) is 1.69. The molecule has 0 fully saturated rings. The van der Waals surface area contributed by atoms with Gasteiger partial charge < -0.3 is 15.2 Å². The molecule has 0 radical (unpaired) electrons. The summed E-state index contributed by atoms with van der Waals surface area (Å²) in [6, 6.07) is 10.9. The number of hydrogen-bond acceptors (Lipinski definition) is 4. The maximum Gasteiger partial charge on any atom is 0.219 e. The number of nitrogens with two attached hydrogens (primary N) is 1. The van der Waals surface area contributed by atoms with E-state index in [0.717, 1.165) is 17.7 Å². The van der Waals surface area contributed by atoms with Crippen molar-refractivity contribution >= 4 is 17.2 Å². The van der Waals surface area contributed by atoms with Crippen LogP contribution in [0.5, 0.6) is 17.4 Å². The van der Waals surface area contributed by atoms with E-state index in [4.69, 9.17) is 27.4 Å². The summed E-state index contributed by atoms with van der Waals surface area (Å²) in [5, 5.41) is 0. The van der Waals surface area contributed by atoms with E-state index in [1.54, 1.807) is 18.3 Å². The Morgan fingerprint density at radius 3 is 2.55 bits per heavy atom. The Balaban J connectivity index is 2.06. The van der Waals surface area contributed by atoms with Gasteiger partial charge in [-0.15, -0.1) is 0 Å². The molecule has 0 spiro atoms. The molecule has 0 saturated carbocycles. The number of ether oxygens (including phenoxy) is 2. The summed E-state index contributed by atoms with van der Waals surface area (Å²) in [5.41, 5.74) is 6.30. The van der Waals surface area contributed by atoms with Gasteiger partial charge >= 0.3 is 0 Å². The molecule has 1 aromatic carbocycles. The Morgan fingerprint density at radius 2 is 1.90 bits per heavy atom. The molecule has 0 bridgehead atoms. The van der Waals surface area contributed by atoms with Gasteiger partial charge in [0, 0.05) is 17.8 Å². The number of benzene rings is 1. The molecule has 2 aromatic rings. The Bertz CT molecular complexity index is 585. The van der Waals surface area contributed by atoms with E-state index in [9.17, 15) is 0 Å². The van der Waals surface area contributed by atoms with Gasteiger partial charge in [-0.1, -0.05) is 19.1 Å². The van der Waals surface area contributed by atoms with Crippen LogP contribution in [0.25, 0.3) is 0 Å². The predicted octanol–water partition coefficient (Wildman–Crippen LogP) is 3.30. The lowest BCUT2D eigenvalue weighted by atomic mass is 10.2. The van der Waals surface area contributed by atoms with Crippen molar-refractivity contribution in [2.45, 2.75) is 13.3 Å². The summed E-state index contributed by atoms with van der Waals surface area (Å²) >= 11 is 4.92. The van der Waals surface area contributed by atoms with Crippen molar-refractivity contribution in [2.24, 2.45) is 5.73 Å². The van der Waals surface area contributed by atoms with E-state index in [-0.39, 0.29) is 0 Å². The highest BCUT2D eigenvalue weighted by Gasteiger charge is 2.03. The van der Waals surface area contributed by atoms with E-state index in [0.29, 0.717) is 23.2 Å². The van der Waals surface area contributed by atoms with Crippen molar-refractivity contribution in [1.82, 2.24) is 4.98 Å². The van der Waals surface area contributed by atoms with E-state index in [2.05, 4.69) is 11.9 Å². The van der Waals surface area contributed by atoms with Crippen LogP contribution in [0, 0.1) is 0 Å². The summed E-state index contributed by atoms with van der Waals surface area (Å²) in [7, 11) is 0. The predicted molar refractivity (Wildman–Crippen MR) is 82.4 cm³/mol. The minimum atomic E-state index is 0.320. The highest BCUT2D eigenvalue weighted by molar-refractivity contribution is 7.80. The van der Waals surface area contributed by atoms with Crippen LogP contribution < -0.4 is 15.2 Å². The Kier molecular flexibility index (Phi) is 4.90. The first-order valence-electron chi connectivity index (χ1n) is 6.35. The van der Waals surface area contributed by atoms with Crippen molar-refractivity contribution in [3.8, 4) is 17.4 Å². The van der Waals surface area contributed by atoms with Gasteiger partial charge in [-0.3, -0.25) is 0 Å². The first-order chi connectivity index (χ1) is 9.69. The van der Waals surface area contributed by atoms with Crippen LogP contribution in [0.3, 0.4) is 0 Å². The number of aromatic nitrogens is 1. The summed E-state index contributed by atoms with van der Waals surface area (Å²) in [6.45, 7) is 2.77. The number of nitrogens with zero attached hydrogens (tertiary/aromatic N) is 1. The second kappa shape index (κ2) is 6.86. The average molecular weight is 288 g/mol. The summed E-state index contributed by atoms with van der Waals surface area (Å²) < 4.78 is 11.2. The van der Waals surface area contributed by atoms with Crippen molar-refractivity contribution in [3.63, 3.8) is 0 Å². The second-order valence-electron chi connectivity index (χ2n) is 4.17. The summed E-state index contributed by atoms with van der Waals surface area (Å²) in [5.74, 6) is 1.96. The molecule has 104 valence electrons. The van der Waals surface area contributed by atoms with Gasteiger partial charge in [-0.2, -0.15) is 0 Å². The van der Waals surface area contributed by atoms with Crippen LogP contribution in [0.4, 0.5) is 0 Å². The van der Waals surface area contributed by atoms with E-state index in [1.807, 2.05) is 24.3 Å². The van der Waals surface area contributed by atoms with Crippen molar-refractivity contribution in [3.05, 3.63) is 48.2 Å². The zero-order valence-corrected chi connectivity index (χ0v) is 12.0. The van der Waals surface area contributed by atoms with Crippen LogP contribution in [-0.4, -0.2) is 16.6 Å². The van der Waals surface area contributed by atoms with Gasteiger partial charge in [-0.25, -0.2) is 4.98 Å². The van der Waals surface area contributed by atoms with Gasteiger partial charge in [0.25, 0.3) is 0 Å².